The molecule has 71 heavy (non-hydrogen) atoms. The Morgan fingerprint density at radius 2 is 0.761 bits per heavy atom. The summed E-state index contributed by atoms with van der Waals surface area (Å²) in [4.78, 5) is 2.49. The van der Waals surface area contributed by atoms with Gasteiger partial charge in [0.15, 0.2) is 0 Å². The minimum atomic E-state index is -0.342. The summed E-state index contributed by atoms with van der Waals surface area (Å²) in [6, 6.07) is 103. The van der Waals surface area contributed by atoms with Gasteiger partial charge in [0.2, 0.25) is 0 Å². The molecule has 0 fully saturated rings. The fourth-order valence-electron chi connectivity index (χ4n) is 11.6. The van der Waals surface area contributed by atoms with E-state index in [1.54, 1.807) is 0 Å². The zero-order valence-corrected chi connectivity index (χ0v) is 39.5. The first kappa shape index (κ1) is 42.1. The van der Waals surface area contributed by atoms with Gasteiger partial charge in [-0.05, 0) is 143 Å². The number of anilines is 3. The molecule has 0 N–H and O–H groups in total. The average molecular weight is 904 g/mol. The smallest absolute Gasteiger partial charge is 0.0543 e. The SMILES string of the molecule is CC1(c2ccccc2)c2ccccc2-c2c(N(c3ccc(-c4ccc5c(c4)c(-c4ccccc4)c(-c4ccccc4)c4ccccc45)cc3)c3ccc(-c4ccccc4)c(-c4ccccc4)c3)cccc21. The highest BCUT2D eigenvalue weighted by Crippen LogP contribution is 2.57. The van der Waals surface area contributed by atoms with Gasteiger partial charge in [-0.2, -0.15) is 0 Å². The Balaban J connectivity index is 1.02. The monoisotopic (exact) mass is 903 g/mol. The van der Waals surface area contributed by atoms with Crippen LogP contribution in [0.1, 0.15) is 23.6 Å². The van der Waals surface area contributed by atoms with Gasteiger partial charge < -0.3 is 4.90 Å². The van der Waals surface area contributed by atoms with E-state index in [0.29, 0.717) is 0 Å². The predicted octanol–water partition coefficient (Wildman–Crippen LogP) is 19.1. The van der Waals surface area contributed by atoms with Crippen LogP contribution < -0.4 is 4.90 Å². The molecular weight excluding hydrogens is 855 g/mol. The van der Waals surface area contributed by atoms with Crippen molar-refractivity contribution in [3.63, 3.8) is 0 Å². The van der Waals surface area contributed by atoms with E-state index in [2.05, 4.69) is 291 Å². The molecule has 1 heteroatoms. The number of benzene rings is 12. The minimum Gasteiger partial charge on any atom is -0.310 e. The third-order valence-electron chi connectivity index (χ3n) is 14.9. The second kappa shape index (κ2) is 17.5. The van der Waals surface area contributed by atoms with Gasteiger partial charge in [0, 0.05) is 22.4 Å². The highest BCUT2D eigenvalue weighted by molar-refractivity contribution is 6.22. The molecule has 0 heterocycles. The van der Waals surface area contributed by atoms with Crippen molar-refractivity contribution in [3.8, 4) is 66.8 Å². The van der Waals surface area contributed by atoms with E-state index in [0.717, 1.165) is 22.6 Å². The van der Waals surface area contributed by atoms with Crippen LogP contribution in [-0.4, -0.2) is 0 Å². The Morgan fingerprint density at radius 1 is 0.268 bits per heavy atom. The zero-order chi connectivity index (χ0) is 47.3. The van der Waals surface area contributed by atoms with E-state index in [1.807, 2.05) is 0 Å². The molecule has 1 aliphatic carbocycles. The summed E-state index contributed by atoms with van der Waals surface area (Å²) < 4.78 is 0. The van der Waals surface area contributed by atoms with Crippen LogP contribution in [0.3, 0.4) is 0 Å². The molecule has 0 radical (unpaired) electrons. The normalized spacial score (nSPS) is 13.8. The Bertz CT molecular complexity index is 3900. The molecule has 1 unspecified atom stereocenters. The fraction of sp³-hybridized carbons (Fsp3) is 0.0286. The van der Waals surface area contributed by atoms with Crippen LogP contribution in [0.2, 0.25) is 0 Å². The lowest BCUT2D eigenvalue weighted by atomic mass is 9.74. The summed E-state index contributed by atoms with van der Waals surface area (Å²) in [5.74, 6) is 0. The van der Waals surface area contributed by atoms with E-state index in [4.69, 9.17) is 0 Å². The molecular formula is C70H49N. The van der Waals surface area contributed by atoms with Crippen molar-refractivity contribution < 1.29 is 0 Å². The van der Waals surface area contributed by atoms with Gasteiger partial charge in [0.25, 0.3) is 0 Å². The largest absolute Gasteiger partial charge is 0.310 e. The maximum atomic E-state index is 2.49. The molecule has 0 bridgehead atoms. The highest BCUT2D eigenvalue weighted by atomic mass is 15.1. The topological polar surface area (TPSA) is 3.24 Å². The molecule has 0 spiro atoms. The van der Waals surface area contributed by atoms with Gasteiger partial charge in [-0.25, -0.2) is 0 Å². The van der Waals surface area contributed by atoms with Crippen LogP contribution in [0, 0.1) is 0 Å². The zero-order valence-electron chi connectivity index (χ0n) is 39.5. The summed E-state index contributed by atoms with van der Waals surface area (Å²) in [5, 5.41) is 5.00. The Kier molecular flexibility index (Phi) is 10.4. The van der Waals surface area contributed by atoms with Crippen LogP contribution in [0.15, 0.2) is 279 Å². The number of rotatable bonds is 9. The molecule has 1 nitrogen and oxygen atoms in total. The van der Waals surface area contributed by atoms with Crippen molar-refractivity contribution in [1.29, 1.82) is 0 Å². The predicted molar refractivity (Wildman–Crippen MR) is 301 cm³/mol. The highest BCUT2D eigenvalue weighted by Gasteiger charge is 2.42. The lowest BCUT2D eigenvalue weighted by molar-refractivity contribution is 0.714. The maximum absolute atomic E-state index is 2.49. The van der Waals surface area contributed by atoms with E-state index < -0.39 is 0 Å². The molecule has 12 aromatic carbocycles. The van der Waals surface area contributed by atoms with Crippen LogP contribution >= 0.6 is 0 Å². The molecule has 12 aromatic rings. The van der Waals surface area contributed by atoms with Crippen LogP contribution in [0.5, 0.6) is 0 Å². The summed E-state index contributed by atoms with van der Waals surface area (Å²) in [5.41, 5.74) is 21.4. The molecule has 0 aromatic heterocycles. The first-order valence-electron chi connectivity index (χ1n) is 24.7. The van der Waals surface area contributed by atoms with Crippen molar-refractivity contribution >= 4 is 38.6 Å². The quantitative estimate of drug-likeness (QED) is 0.130. The van der Waals surface area contributed by atoms with Gasteiger partial charge in [0.1, 0.15) is 0 Å². The molecule has 0 saturated carbocycles. The van der Waals surface area contributed by atoms with Gasteiger partial charge in [-0.3, -0.25) is 0 Å². The Labute approximate surface area is 416 Å². The summed E-state index contributed by atoms with van der Waals surface area (Å²) in [6.07, 6.45) is 0. The van der Waals surface area contributed by atoms with Crippen LogP contribution in [0.4, 0.5) is 17.1 Å². The van der Waals surface area contributed by atoms with Crippen LogP contribution in [-0.2, 0) is 5.41 Å². The van der Waals surface area contributed by atoms with Crippen molar-refractivity contribution in [2.24, 2.45) is 0 Å². The average Bonchev–Trinajstić information content (AvgIpc) is 3.72. The summed E-state index contributed by atoms with van der Waals surface area (Å²) in [6.45, 7) is 2.40. The van der Waals surface area contributed by atoms with Gasteiger partial charge >= 0.3 is 0 Å². The third-order valence-corrected chi connectivity index (χ3v) is 14.9. The first-order valence-corrected chi connectivity index (χ1v) is 24.7. The lowest BCUT2D eigenvalue weighted by Crippen LogP contribution is -2.22. The number of hydrogen-bond acceptors (Lipinski definition) is 1. The number of hydrogen-bond donors (Lipinski definition) is 0. The molecule has 1 atom stereocenters. The standard InChI is InChI=1S/C70H49N/c1-70(54-30-15-6-16-31-54)64-35-20-19-34-61(64)69-65(70)36-21-37-66(69)71(56-43-45-57(49-22-7-2-8-23-49)62(47-56)50-24-9-3-10-25-50)55-41-38-48(39-42-55)53-40-44-59-58-32-17-18-33-60(58)67(51-26-11-4-12-27-51)68(63(59)46-53)52-28-13-5-14-29-52/h2-47H,1H3. The molecule has 0 amide bonds. The van der Waals surface area contributed by atoms with E-state index >= 15 is 0 Å². The maximum Gasteiger partial charge on any atom is 0.0543 e. The van der Waals surface area contributed by atoms with Crippen molar-refractivity contribution in [2.75, 3.05) is 4.90 Å². The number of fused-ring (bicyclic) bond motifs is 6. The van der Waals surface area contributed by atoms with E-state index in [9.17, 15) is 0 Å². The second-order valence-electron chi connectivity index (χ2n) is 18.9. The summed E-state index contributed by atoms with van der Waals surface area (Å²) in [7, 11) is 0. The van der Waals surface area contributed by atoms with Gasteiger partial charge in [-0.15, -0.1) is 0 Å². The van der Waals surface area contributed by atoms with Crippen molar-refractivity contribution in [1.82, 2.24) is 0 Å². The third kappa shape index (κ3) is 7.08. The van der Waals surface area contributed by atoms with Crippen molar-refractivity contribution in [2.45, 2.75) is 12.3 Å². The Hall–Kier alpha value is -9.04. The molecule has 0 saturated heterocycles. The summed E-state index contributed by atoms with van der Waals surface area (Å²) >= 11 is 0. The molecule has 334 valence electrons. The molecule has 1 aliphatic rings. The lowest BCUT2D eigenvalue weighted by Gasteiger charge is -2.31. The van der Waals surface area contributed by atoms with Crippen molar-refractivity contribution in [3.05, 3.63) is 296 Å². The van der Waals surface area contributed by atoms with Gasteiger partial charge in [-0.1, -0.05) is 243 Å². The minimum absolute atomic E-state index is 0.342. The Morgan fingerprint density at radius 3 is 1.42 bits per heavy atom. The van der Waals surface area contributed by atoms with E-state index in [1.165, 1.54) is 99.4 Å². The first-order chi connectivity index (χ1) is 35.1. The fourth-order valence-corrected chi connectivity index (χ4v) is 11.6. The van der Waals surface area contributed by atoms with Crippen LogP contribution in [0.25, 0.3) is 88.3 Å². The second-order valence-corrected chi connectivity index (χ2v) is 18.9. The molecule has 13 rings (SSSR count). The number of nitrogens with zero attached hydrogens (tertiary/aromatic N) is 1. The van der Waals surface area contributed by atoms with E-state index in [-0.39, 0.29) is 5.41 Å². The van der Waals surface area contributed by atoms with Gasteiger partial charge in [0.05, 0.1) is 5.69 Å². The molecule has 0 aliphatic heterocycles.